The Morgan fingerprint density at radius 2 is 1.94 bits per heavy atom. The third-order valence-electron chi connectivity index (χ3n) is 5.54. The van der Waals surface area contributed by atoms with Gasteiger partial charge in [-0.15, -0.1) is 0 Å². The highest BCUT2D eigenvalue weighted by molar-refractivity contribution is 8.16. The molecule has 0 fully saturated rings. The number of nitrogens with zero attached hydrogens (tertiary/aromatic N) is 2. The summed E-state index contributed by atoms with van der Waals surface area (Å²) in [6.07, 6.45) is 1.89. The van der Waals surface area contributed by atoms with Gasteiger partial charge in [0.15, 0.2) is 11.8 Å². The molecule has 0 aromatic heterocycles. The van der Waals surface area contributed by atoms with Crippen LogP contribution in [-0.4, -0.2) is 35.2 Å². The molecular weight excluding hydrogens is 450 g/mol. The standard InChI is InChI=1S/C26H27N3O4S/c1-5-32-25(31)23-18(4)27-26-29(12-13-34-26)24(23)19-8-6-7-9-21(19)33-15-22(30)28-20-11-10-16(2)14-17(20)3/h6-14,24H,5,15H2,1-4H3,(H,28,30)/t24-/m1/s1. The number of aryl methyl sites for hydroxylation is 2. The van der Waals surface area contributed by atoms with Crippen molar-refractivity contribution in [1.29, 1.82) is 0 Å². The Morgan fingerprint density at radius 1 is 1.15 bits per heavy atom. The molecule has 2 aliphatic rings. The number of carbonyl (C=O) groups is 2. The molecule has 34 heavy (non-hydrogen) atoms. The summed E-state index contributed by atoms with van der Waals surface area (Å²) in [5, 5.41) is 5.60. The number of hydrogen-bond acceptors (Lipinski definition) is 7. The summed E-state index contributed by atoms with van der Waals surface area (Å²) in [5.74, 6) is -0.161. The van der Waals surface area contributed by atoms with Crippen molar-refractivity contribution in [2.75, 3.05) is 18.5 Å². The van der Waals surface area contributed by atoms with Crippen LogP contribution >= 0.6 is 11.8 Å². The van der Waals surface area contributed by atoms with Crippen molar-refractivity contribution in [3.05, 3.63) is 82.0 Å². The lowest BCUT2D eigenvalue weighted by atomic mass is 9.94. The SMILES string of the molecule is CCOC(=O)C1=C(C)N=C2SC=CN2[C@@H]1c1ccccc1OCC(=O)Nc1ccc(C)cc1C. The Kier molecular flexibility index (Phi) is 7.07. The van der Waals surface area contributed by atoms with E-state index in [9.17, 15) is 9.59 Å². The number of esters is 1. The minimum atomic E-state index is -0.476. The summed E-state index contributed by atoms with van der Waals surface area (Å²) >= 11 is 1.49. The number of aliphatic imine (C=N–C) groups is 1. The lowest BCUT2D eigenvalue weighted by Gasteiger charge is -2.34. The summed E-state index contributed by atoms with van der Waals surface area (Å²) in [6.45, 7) is 7.64. The molecule has 2 aliphatic heterocycles. The summed E-state index contributed by atoms with van der Waals surface area (Å²) in [6, 6.07) is 12.8. The van der Waals surface area contributed by atoms with Crippen LogP contribution in [0.3, 0.4) is 0 Å². The minimum absolute atomic E-state index is 0.167. The molecule has 0 unspecified atom stereocenters. The molecule has 7 nitrogen and oxygen atoms in total. The van der Waals surface area contributed by atoms with E-state index in [0.717, 1.165) is 27.5 Å². The van der Waals surface area contributed by atoms with Crippen molar-refractivity contribution in [3.63, 3.8) is 0 Å². The highest BCUT2D eigenvalue weighted by Crippen LogP contribution is 2.43. The number of anilines is 1. The van der Waals surface area contributed by atoms with E-state index in [2.05, 4.69) is 10.3 Å². The Morgan fingerprint density at radius 3 is 2.71 bits per heavy atom. The molecule has 2 aromatic rings. The molecule has 1 amide bonds. The average molecular weight is 478 g/mol. The number of fused-ring (bicyclic) bond motifs is 1. The fraction of sp³-hybridized carbons (Fsp3) is 0.269. The molecule has 1 N–H and O–H groups in total. The first kappa shape index (κ1) is 23.6. The number of ether oxygens (including phenoxy) is 2. The van der Waals surface area contributed by atoms with Gasteiger partial charge in [-0.25, -0.2) is 9.79 Å². The number of rotatable bonds is 7. The van der Waals surface area contributed by atoms with Crippen LogP contribution in [-0.2, 0) is 14.3 Å². The number of para-hydroxylation sites is 1. The first-order valence-electron chi connectivity index (χ1n) is 11.1. The quantitative estimate of drug-likeness (QED) is 0.560. The van der Waals surface area contributed by atoms with Gasteiger partial charge in [0.05, 0.1) is 23.9 Å². The molecule has 0 saturated heterocycles. The molecule has 0 spiro atoms. The van der Waals surface area contributed by atoms with E-state index < -0.39 is 12.0 Å². The zero-order valence-electron chi connectivity index (χ0n) is 19.6. The van der Waals surface area contributed by atoms with Crippen LogP contribution in [0.4, 0.5) is 5.69 Å². The number of thioether (sulfide) groups is 1. The van der Waals surface area contributed by atoms with E-state index in [4.69, 9.17) is 9.47 Å². The van der Waals surface area contributed by atoms with Crippen molar-refractivity contribution in [2.45, 2.75) is 33.7 Å². The lowest BCUT2D eigenvalue weighted by Crippen LogP contribution is -2.34. The van der Waals surface area contributed by atoms with Gasteiger partial charge in [0.25, 0.3) is 5.91 Å². The summed E-state index contributed by atoms with van der Waals surface area (Å²) in [5.41, 5.74) is 4.68. The van der Waals surface area contributed by atoms with Crippen LogP contribution in [0.5, 0.6) is 5.75 Å². The van der Waals surface area contributed by atoms with Gasteiger partial charge in [-0.2, -0.15) is 0 Å². The number of amides is 1. The first-order chi connectivity index (χ1) is 16.4. The maximum atomic E-state index is 12.9. The van der Waals surface area contributed by atoms with Crippen LogP contribution in [0, 0.1) is 13.8 Å². The van der Waals surface area contributed by atoms with Crippen LogP contribution in [0.1, 0.15) is 36.6 Å². The van der Waals surface area contributed by atoms with E-state index >= 15 is 0 Å². The summed E-state index contributed by atoms with van der Waals surface area (Å²) < 4.78 is 11.3. The molecule has 8 heteroatoms. The van der Waals surface area contributed by atoms with Gasteiger partial charge < -0.3 is 19.7 Å². The molecular formula is C26H27N3O4S. The van der Waals surface area contributed by atoms with Gasteiger partial charge in [0.2, 0.25) is 0 Å². The largest absolute Gasteiger partial charge is 0.483 e. The second-order valence-corrected chi connectivity index (χ2v) is 8.89. The number of allylic oxidation sites excluding steroid dienone is 1. The monoisotopic (exact) mass is 477 g/mol. The molecule has 0 aliphatic carbocycles. The van der Waals surface area contributed by atoms with Gasteiger partial charge in [-0.05, 0) is 50.8 Å². The molecule has 176 valence electrons. The summed E-state index contributed by atoms with van der Waals surface area (Å²) in [4.78, 5) is 32.1. The molecule has 4 rings (SSSR count). The van der Waals surface area contributed by atoms with Gasteiger partial charge in [-0.3, -0.25) is 4.79 Å². The fourth-order valence-electron chi connectivity index (χ4n) is 4.00. The average Bonchev–Trinajstić information content (AvgIpc) is 3.27. The predicted molar refractivity (Wildman–Crippen MR) is 135 cm³/mol. The first-order valence-corrected chi connectivity index (χ1v) is 11.9. The van der Waals surface area contributed by atoms with Crippen molar-refractivity contribution in [3.8, 4) is 5.75 Å². The molecule has 2 aromatic carbocycles. The smallest absolute Gasteiger partial charge is 0.338 e. The van der Waals surface area contributed by atoms with Crippen molar-refractivity contribution < 1.29 is 19.1 Å². The normalized spacial score (nSPS) is 16.8. The van der Waals surface area contributed by atoms with Crippen LogP contribution in [0.2, 0.25) is 0 Å². The molecule has 0 saturated carbocycles. The maximum Gasteiger partial charge on any atom is 0.338 e. The third-order valence-corrected chi connectivity index (χ3v) is 6.31. The van der Waals surface area contributed by atoms with Gasteiger partial charge in [-0.1, -0.05) is 47.7 Å². The van der Waals surface area contributed by atoms with E-state index in [-0.39, 0.29) is 19.1 Å². The van der Waals surface area contributed by atoms with Crippen LogP contribution < -0.4 is 10.1 Å². The van der Waals surface area contributed by atoms with Crippen molar-refractivity contribution >= 4 is 34.5 Å². The number of carbonyl (C=O) groups excluding carboxylic acids is 2. The van der Waals surface area contributed by atoms with Gasteiger partial charge >= 0.3 is 5.97 Å². The maximum absolute atomic E-state index is 12.9. The van der Waals surface area contributed by atoms with E-state index in [1.165, 1.54) is 11.8 Å². The molecule has 1 atom stereocenters. The highest BCUT2D eigenvalue weighted by Gasteiger charge is 2.38. The van der Waals surface area contributed by atoms with Crippen molar-refractivity contribution in [1.82, 2.24) is 4.90 Å². The predicted octanol–water partition coefficient (Wildman–Crippen LogP) is 5.09. The summed E-state index contributed by atoms with van der Waals surface area (Å²) in [7, 11) is 0. The Labute approximate surface area is 203 Å². The fourth-order valence-corrected chi connectivity index (χ4v) is 4.79. The third kappa shape index (κ3) is 4.87. The van der Waals surface area contributed by atoms with Gasteiger partial charge in [0.1, 0.15) is 5.75 Å². The Balaban J connectivity index is 1.59. The Hall–Kier alpha value is -3.52. The van der Waals surface area contributed by atoms with E-state index in [1.54, 1.807) is 13.0 Å². The topological polar surface area (TPSA) is 80.2 Å². The number of nitrogens with one attached hydrogen (secondary N) is 1. The molecule has 2 heterocycles. The zero-order valence-corrected chi connectivity index (χ0v) is 20.4. The Bertz CT molecular complexity index is 1220. The van der Waals surface area contributed by atoms with Crippen LogP contribution in [0.15, 0.2) is 70.3 Å². The second-order valence-electron chi connectivity index (χ2n) is 8.02. The zero-order chi connectivity index (χ0) is 24.2. The second kappa shape index (κ2) is 10.2. The highest BCUT2D eigenvalue weighted by atomic mass is 32.2. The van der Waals surface area contributed by atoms with E-state index in [1.807, 2.05) is 73.7 Å². The minimum Gasteiger partial charge on any atom is -0.483 e. The van der Waals surface area contributed by atoms with Crippen LogP contribution in [0.25, 0.3) is 0 Å². The number of hydrogen-bond donors (Lipinski definition) is 1. The van der Waals surface area contributed by atoms with E-state index in [0.29, 0.717) is 17.0 Å². The number of benzene rings is 2. The van der Waals surface area contributed by atoms with Crippen molar-refractivity contribution in [2.24, 2.45) is 4.99 Å². The van der Waals surface area contributed by atoms with Gasteiger partial charge in [0, 0.05) is 17.5 Å². The molecule has 0 bridgehead atoms. The lowest BCUT2D eigenvalue weighted by molar-refractivity contribution is -0.139. The number of amidine groups is 1. The molecule has 0 radical (unpaired) electrons.